The first-order valence-electron chi connectivity index (χ1n) is 10.2. The largest absolute Gasteiger partial charge is 0.320 e. The summed E-state index contributed by atoms with van der Waals surface area (Å²) in [5.41, 5.74) is 2.05. The molecule has 0 aromatic heterocycles. The SMILES string of the molecule is CN(c1ccccc1)S(=O)(=O)c1ccc(C(=O)Nc2ccccc2N2CCCC2=O)cc1. The predicted molar refractivity (Wildman–Crippen MR) is 124 cm³/mol. The summed E-state index contributed by atoms with van der Waals surface area (Å²) in [6, 6.07) is 21.7. The molecule has 0 atom stereocenters. The van der Waals surface area contributed by atoms with Gasteiger partial charge in [0.2, 0.25) is 5.91 Å². The van der Waals surface area contributed by atoms with Gasteiger partial charge in [-0.05, 0) is 55.0 Å². The fourth-order valence-corrected chi connectivity index (χ4v) is 4.82. The van der Waals surface area contributed by atoms with Gasteiger partial charge in [-0.2, -0.15) is 0 Å². The minimum Gasteiger partial charge on any atom is -0.320 e. The monoisotopic (exact) mass is 449 g/mol. The molecule has 8 heteroatoms. The van der Waals surface area contributed by atoms with Crippen LogP contribution in [-0.2, 0) is 14.8 Å². The standard InChI is InChI=1S/C24H23N3O4S/c1-26(19-8-3-2-4-9-19)32(30,31)20-15-13-18(14-16-20)24(29)25-21-10-5-6-11-22(21)27-17-7-12-23(27)28/h2-6,8-11,13-16H,7,12,17H2,1H3,(H,25,29). The van der Waals surface area contributed by atoms with Crippen molar-refractivity contribution >= 4 is 38.9 Å². The Morgan fingerprint density at radius 3 is 2.25 bits per heavy atom. The molecule has 3 aromatic rings. The van der Waals surface area contributed by atoms with Gasteiger partial charge in [0.05, 0.1) is 22.0 Å². The number of benzene rings is 3. The Kier molecular flexibility index (Phi) is 5.96. The molecular weight excluding hydrogens is 426 g/mol. The number of nitrogens with one attached hydrogen (secondary N) is 1. The maximum Gasteiger partial charge on any atom is 0.264 e. The van der Waals surface area contributed by atoms with Crippen molar-refractivity contribution in [3.8, 4) is 0 Å². The van der Waals surface area contributed by atoms with Crippen molar-refractivity contribution in [3.05, 3.63) is 84.4 Å². The van der Waals surface area contributed by atoms with Crippen LogP contribution in [0.1, 0.15) is 23.2 Å². The number of para-hydroxylation sites is 3. The Morgan fingerprint density at radius 1 is 0.938 bits per heavy atom. The predicted octanol–water partition coefficient (Wildman–Crippen LogP) is 3.89. The third-order valence-electron chi connectivity index (χ3n) is 5.41. The van der Waals surface area contributed by atoms with Gasteiger partial charge in [-0.1, -0.05) is 30.3 Å². The van der Waals surface area contributed by atoms with E-state index >= 15 is 0 Å². The number of sulfonamides is 1. The van der Waals surface area contributed by atoms with E-state index in [9.17, 15) is 18.0 Å². The van der Waals surface area contributed by atoms with Gasteiger partial charge in [-0.25, -0.2) is 8.42 Å². The molecule has 7 nitrogen and oxygen atoms in total. The van der Waals surface area contributed by atoms with Crippen LogP contribution in [0, 0.1) is 0 Å². The molecule has 1 saturated heterocycles. The average Bonchev–Trinajstić information content (AvgIpc) is 3.25. The van der Waals surface area contributed by atoms with E-state index in [4.69, 9.17) is 0 Å². The summed E-state index contributed by atoms with van der Waals surface area (Å²) in [7, 11) is -2.27. The van der Waals surface area contributed by atoms with E-state index in [0.717, 1.165) is 6.42 Å². The second-order valence-corrected chi connectivity index (χ2v) is 9.42. The third-order valence-corrected chi connectivity index (χ3v) is 7.21. The summed E-state index contributed by atoms with van der Waals surface area (Å²) in [5, 5.41) is 2.84. The van der Waals surface area contributed by atoms with Gasteiger partial charge < -0.3 is 10.2 Å². The number of hydrogen-bond acceptors (Lipinski definition) is 4. The number of nitrogens with zero attached hydrogens (tertiary/aromatic N) is 2. The minimum atomic E-state index is -3.76. The Labute approximate surface area is 187 Å². The molecular formula is C24H23N3O4S. The van der Waals surface area contributed by atoms with Crippen LogP contribution in [0.25, 0.3) is 0 Å². The Morgan fingerprint density at radius 2 is 1.59 bits per heavy atom. The van der Waals surface area contributed by atoms with E-state index in [1.165, 1.54) is 35.6 Å². The van der Waals surface area contributed by atoms with Crippen LogP contribution in [0.4, 0.5) is 17.1 Å². The maximum absolute atomic E-state index is 12.9. The molecule has 0 radical (unpaired) electrons. The summed E-state index contributed by atoms with van der Waals surface area (Å²) in [4.78, 5) is 26.7. The zero-order chi connectivity index (χ0) is 22.7. The second kappa shape index (κ2) is 8.84. The van der Waals surface area contributed by atoms with E-state index in [-0.39, 0.29) is 16.7 Å². The van der Waals surface area contributed by atoms with Gasteiger partial charge in [0.15, 0.2) is 0 Å². The first-order chi connectivity index (χ1) is 15.4. The minimum absolute atomic E-state index is 0.0313. The molecule has 1 N–H and O–H groups in total. The molecule has 0 bridgehead atoms. The molecule has 1 heterocycles. The lowest BCUT2D eigenvalue weighted by atomic mass is 10.2. The highest BCUT2D eigenvalue weighted by Crippen LogP contribution is 2.30. The number of rotatable bonds is 6. The smallest absolute Gasteiger partial charge is 0.264 e. The van der Waals surface area contributed by atoms with Gasteiger partial charge in [-0.15, -0.1) is 0 Å². The molecule has 4 rings (SSSR count). The molecule has 1 fully saturated rings. The first-order valence-corrected chi connectivity index (χ1v) is 11.7. The Balaban J connectivity index is 1.53. The van der Waals surface area contributed by atoms with Crippen LogP contribution in [0.3, 0.4) is 0 Å². The number of carbonyl (C=O) groups is 2. The van der Waals surface area contributed by atoms with Crippen molar-refractivity contribution in [1.29, 1.82) is 0 Å². The lowest BCUT2D eigenvalue weighted by Crippen LogP contribution is -2.26. The van der Waals surface area contributed by atoms with Crippen LogP contribution in [0.15, 0.2) is 83.8 Å². The molecule has 0 spiro atoms. The second-order valence-electron chi connectivity index (χ2n) is 7.45. The molecule has 1 aliphatic heterocycles. The number of hydrogen-bond donors (Lipinski definition) is 1. The van der Waals surface area contributed by atoms with E-state index in [1.807, 2.05) is 12.1 Å². The van der Waals surface area contributed by atoms with Gasteiger partial charge in [0.25, 0.3) is 15.9 Å². The summed E-state index contributed by atoms with van der Waals surface area (Å²) in [6.45, 7) is 0.618. The maximum atomic E-state index is 12.9. The molecule has 1 aliphatic rings. The highest BCUT2D eigenvalue weighted by molar-refractivity contribution is 7.92. The zero-order valence-corrected chi connectivity index (χ0v) is 18.4. The van der Waals surface area contributed by atoms with Crippen molar-refractivity contribution in [1.82, 2.24) is 0 Å². The van der Waals surface area contributed by atoms with Crippen LogP contribution in [-0.4, -0.2) is 33.8 Å². The van der Waals surface area contributed by atoms with E-state index < -0.39 is 10.0 Å². The number of amides is 2. The van der Waals surface area contributed by atoms with E-state index in [0.29, 0.717) is 35.6 Å². The molecule has 164 valence electrons. The van der Waals surface area contributed by atoms with E-state index in [2.05, 4.69) is 5.32 Å². The Bertz CT molecular complexity index is 1240. The van der Waals surface area contributed by atoms with Crippen molar-refractivity contribution in [2.45, 2.75) is 17.7 Å². The van der Waals surface area contributed by atoms with Crippen molar-refractivity contribution in [2.24, 2.45) is 0 Å². The average molecular weight is 450 g/mol. The molecule has 32 heavy (non-hydrogen) atoms. The molecule has 3 aromatic carbocycles. The Hall–Kier alpha value is -3.65. The molecule has 0 saturated carbocycles. The first kappa shape index (κ1) is 21.6. The van der Waals surface area contributed by atoms with Gasteiger partial charge >= 0.3 is 0 Å². The number of anilines is 3. The van der Waals surface area contributed by atoms with Crippen LogP contribution < -0.4 is 14.5 Å². The van der Waals surface area contributed by atoms with Crippen LogP contribution in [0.2, 0.25) is 0 Å². The van der Waals surface area contributed by atoms with E-state index in [1.54, 1.807) is 47.4 Å². The van der Waals surface area contributed by atoms with Crippen molar-refractivity contribution in [3.63, 3.8) is 0 Å². The lowest BCUT2D eigenvalue weighted by Gasteiger charge is -2.20. The third kappa shape index (κ3) is 4.22. The highest BCUT2D eigenvalue weighted by atomic mass is 32.2. The van der Waals surface area contributed by atoms with Crippen molar-refractivity contribution < 1.29 is 18.0 Å². The fourth-order valence-electron chi connectivity index (χ4n) is 3.63. The fraction of sp³-hybridized carbons (Fsp3) is 0.167. The quantitative estimate of drug-likeness (QED) is 0.619. The summed E-state index contributed by atoms with van der Waals surface area (Å²) in [6.07, 6.45) is 1.28. The van der Waals surface area contributed by atoms with Crippen molar-refractivity contribution in [2.75, 3.05) is 28.1 Å². The van der Waals surface area contributed by atoms with Gasteiger partial charge in [0, 0.05) is 25.6 Å². The lowest BCUT2D eigenvalue weighted by molar-refractivity contribution is -0.117. The topological polar surface area (TPSA) is 86.8 Å². The highest BCUT2D eigenvalue weighted by Gasteiger charge is 2.25. The van der Waals surface area contributed by atoms with Gasteiger partial charge in [-0.3, -0.25) is 13.9 Å². The summed E-state index contributed by atoms with van der Waals surface area (Å²) in [5.74, 6) is -0.353. The summed E-state index contributed by atoms with van der Waals surface area (Å²) < 4.78 is 27.0. The van der Waals surface area contributed by atoms with Crippen LogP contribution in [0.5, 0.6) is 0 Å². The molecule has 2 amide bonds. The zero-order valence-electron chi connectivity index (χ0n) is 17.6. The molecule has 0 aliphatic carbocycles. The van der Waals surface area contributed by atoms with Gasteiger partial charge in [0.1, 0.15) is 0 Å². The summed E-state index contributed by atoms with van der Waals surface area (Å²) >= 11 is 0. The molecule has 0 unspecified atom stereocenters. The normalized spacial score (nSPS) is 13.8. The van der Waals surface area contributed by atoms with Crippen LogP contribution >= 0.6 is 0 Å². The number of carbonyl (C=O) groups excluding carboxylic acids is 2.